The van der Waals surface area contributed by atoms with Crippen LogP contribution in [0.5, 0.6) is 11.5 Å². The molecule has 6 nitrogen and oxygen atoms in total. The van der Waals surface area contributed by atoms with Crippen LogP contribution in [0.4, 0.5) is 5.69 Å². The zero-order valence-corrected chi connectivity index (χ0v) is 20.0. The van der Waals surface area contributed by atoms with Crippen LogP contribution in [0.3, 0.4) is 0 Å². The van der Waals surface area contributed by atoms with Gasteiger partial charge in [0, 0.05) is 30.0 Å². The van der Waals surface area contributed by atoms with E-state index in [0.29, 0.717) is 53.7 Å². The number of aliphatic hydroxyl groups excluding tert-OH is 1. The average Bonchev–Trinajstić information content (AvgIpc) is 3.67. The maximum absolute atomic E-state index is 13.8. The second-order valence-electron chi connectivity index (χ2n) is 9.35. The van der Waals surface area contributed by atoms with Crippen molar-refractivity contribution in [2.45, 2.75) is 18.1 Å². The first-order valence-corrected chi connectivity index (χ1v) is 12.5. The molecule has 2 aliphatic carbocycles. The highest BCUT2D eigenvalue weighted by Gasteiger charge is 2.91. The predicted molar refractivity (Wildman–Crippen MR) is 132 cm³/mol. The molecule has 2 unspecified atom stereocenters. The number of methoxy groups -OCH3 is 1. The maximum atomic E-state index is 13.8. The van der Waals surface area contributed by atoms with Gasteiger partial charge in [0.1, 0.15) is 6.61 Å². The van der Waals surface area contributed by atoms with Crippen LogP contribution in [0.1, 0.15) is 20.8 Å². The average molecular weight is 477 g/mol. The van der Waals surface area contributed by atoms with Gasteiger partial charge in [-0.1, -0.05) is 36.4 Å². The fourth-order valence-corrected chi connectivity index (χ4v) is 7.39. The highest BCUT2D eigenvalue weighted by atomic mass is 32.1. The van der Waals surface area contributed by atoms with Crippen LogP contribution in [0.2, 0.25) is 0 Å². The lowest BCUT2D eigenvalue weighted by Crippen LogP contribution is -2.54. The fourth-order valence-electron chi connectivity index (χ4n) is 6.31. The minimum absolute atomic E-state index is 0.0168. The standard InChI is InChI=1S/C27H28N2O4S/c1-28-19-12-22(33-15-16-7-4-3-5-8-16)21(32-2)11-17(19)26(31)29-13-18-24-25(20(29)14-30)27(18,24)23-9-6-10-34-23/h3-12,18,20,24-25,28,30H,13-15H2,1-2H3/t18?,20-,24+,25?,27+/m1/s1. The van der Waals surface area contributed by atoms with Crippen molar-refractivity contribution in [2.24, 2.45) is 17.8 Å². The summed E-state index contributed by atoms with van der Waals surface area (Å²) in [4.78, 5) is 17.0. The van der Waals surface area contributed by atoms with Crippen molar-refractivity contribution < 1.29 is 19.4 Å². The van der Waals surface area contributed by atoms with Crippen molar-refractivity contribution in [3.8, 4) is 11.5 Å². The number of benzene rings is 2. The molecule has 3 heterocycles. The van der Waals surface area contributed by atoms with Gasteiger partial charge in [0.05, 0.1) is 31.0 Å². The Bertz CT molecular complexity index is 1210. The number of ether oxygens (including phenoxy) is 2. The van der Waals surface area contributed by atoms with Gasteiger partial charge in [-0.15, -0.1) is 11.3 Å². The molecule has 0 radical (unpaired) electrons. The molecule has 1 amide bonds. The second-order valence-corrected chi connectivity index (χ2v) is 10.3. The van der Waals surface area contributed by atoms with Gasteiger partial charge in [-0.2, -0.15) is 0 Å². The summed E-state index contributed by atoms with van der Waals surface area (Å²) in [7, 11) is 3.38. The van der Waals surface area contributed by atoms with E-state index >= 15 is 0 Å². The van der Waals surface area contributed by atoms with E-state index in [-0.39, 0.29) is 24.0 Å². The van der Waals surface area contributed by atoms with E-state index in [0.717, 1.165) is 5.56 Å². The minimum Gasteiger partial charge on any atom is -0.493 e. The van der Waals surface area contributed by atoms with Gasteiger partial charge in [-0.25, -0.2) is 0 Å². The number of carbonyl (C=O) groups is 1. The highest BCUT2D eigenvalue weighted by molar-refractivity contribution is 7.10. The number of aliphatic hydroxyl groups is 1. The number of fused-ring (bicyclic) bond motifs is 2. The molecule has 4 fully saturated rings. The van der Waals surface area contributed by atoms with Crippen molar-refractivity contribution >= 4 is 22.9 Å². The Balaban J connectivity index is 1.25. The third-order valence-corrected chi connectivity index (χ3v) is 9.00. The molecule has 2 saturated heterocycles. The van der Waals surface area contributed by atoms with Crippen LogP contribution in [0.15, 0.2) is 60.0 Å². The number of anilines is 1. The normalized spacial score (nSPS) is 28.1. The monoisotopic (exact) mass is 476 g/mol. The van der Waals surface area contributed by atoms with Crippen LogP contribution >= 0.6 is 11.3 Å². The molecule has 34 heavy (non-hydrogen) atoms. The molecule has 4 aliphatic rings. The zero-order chi connectivity index (χ0) is 23.4. The van der Waals surface area contributed by atoms with Crippen molar-refractivity contribution in [1.29, 1.82) is 0 Å². The van der Waals surface area contributed by atoms with Crippen LogP contribution in [-0.2, 0) is 12.0 Å². The van der Waals surface area contributed by atoms with Gasteiger partial charge >= 0.3 is 0 Å². The molecule has 2 N–H and O–H groups in total. The number of carbonyl (C=O) groups excluding carboxylic acids is 1. The Kier molecular flexibility index (Phi) is 5.08. The molecular weight excluding hydrogens is 448 g/mol. The van der Waals surface area contributed by atoms with Gasteiger partial charge in [0.2, 0.25) is 0 Å². The Labute approximate surface area is 203 Å². The summed E-state index contributed by atoms with van der Waals surface area (Å²) >= 11 is 1.80. The molecule has 2 aliphatic heterocycles. The topological polar surface area (TPSA) is 71.0 Å². The van der Waals surface area contributed by atoms with Gasteiger partial charge in [0.15, 0.2) is 11.5 Å². The van der Waals surface area contributed by atoms with E-state index < -0.39 is 0 Å². The van der Waals surface area contributed by atoms with Gasteiger partial charge in [-0.3, -0.25) is 4.79 Å². The highest BCUT2D eigenvalue weighted by Crippen LogP contribution is 2.87. The summed E-state index contributed by atoms with van der Waals surface area (Å²) < 4.78 is 11.6. The number of hydrogen-bond acceptors (Lipinski definition) is 6. The largest absolute Gasteiger partial charge is 0.493 e. The smallest absolute Gasteiger partial charge is 0.256 e. The Morgan fingerprint density at radius 1 is 1.18 bits per heavy atom. The number of piperidine rings is 2. The third kappa shape index (κ3) is 3.00. The minimum atomic E-state index is -0.158. The lowest BCUT2D eigenvalue weighted by atomic mass is 9.83. The van der Waals surface area contributed by atoms with Crippen LogP contribution in [0.25, 0.3) is 0 Å². The Morgan fingerprint density at radius 2 is 2.00 bits per heavy atom. The molecule has 7 heteroatoms. The van der Waals surface area contributed by atoms with E-state index in [9.17, 15) is 9.90 Å². The van der Waals surface area contributed by atoms with Gasteiger partial charge in [0.25, 0.3) is 5.91 Å². The summed E-state index contributed by atoms with van der Waals surface area (Å²) in [6, 6.07) is 17.7. The fraction of sp³-hybridized carbons (Fsp3) is 0.370. The van der Waals surface area contributed by atoms with Gasteiger partial charge < -0.3 is 24.8 Å². The van der Waals surface area contributed by atoms with E-state index in [1.54, 1.807) is 31.6 Å². The van der Waals surface area contributed by atoms with Crippen LogP contribution in [0, 0.1) is 17.8 Å². The van der Waals surface area contributed by atoms with Gasteiger partial charge in [-0.05, 0) is 40.8 Å². The zero-order valence-electron chi connectivity index (χ0n) is 19.2. The molecule has 176 valence electrons. The number of thiophene rings is 1. The second kappa shape index (κ2) is 8.03. The molecule has 7 rings (SSSR count). The molecule has 2 bridgehead atoms. The Morgan fingerprint density at radius 3 is 2.68 bits per heavy atom. The summed E-state index contributed by atoms with van der Waals surface area (Å²) in [5, 5.41) is 15.6. The lowest BCUT2D eigenvalue weighted by molar-refractivity contribution is 0.0246. The van der Waals surface area contributed by atoms with Crippen LogP contribution < -0.4 is 14.8 Å². The first-order valence-electron chi connectivity index (χ1n) is 11.7. The molecule has 0 spiro atoms. The number of nitrogens with zero attached hydrogens (tertiary/aromatic N) is 1. The summed E-state index contributed by atoms with van der Waals surface area (Å²) in [6.45, 7) is 1.07. The lowest BCUT2D eigenvalue weighted by Gasteiger charge is -2.42. The summed E-state index contributed by atoms with van der Waals surface area (Å²) in [6.07, 6.45) is 0. The Hall–Kier alpha value is -3.03. The number of hydrogen-bond donors (Lipinski definition) is 2. The maximum Gasteiger partial charge on any atom is 0.256 e. The molecule has 5 atom stereocenters. The van der Waals surface area contributed by atoms with E-state index in [2.05, 4.69) is 22.8 Å². The SMILES string of the molecule is CNc1cc(OCc2ccccc2)c(OC)cc1C(=O)N1CC2[C@H]3C([C@H]1CO)[C@]23c1cccs1. The van der Waals surface area contributed by atoms with Crippen molar-refractivity contribution in [1.82, 2.24) is 4.90 Å². The van der Waals surface area contributed by atoms with Crippen LogP contribution in [-0.4, -0.2) is 49.3 Å². The molecule has 3 aromatic rings. The third-order valence-electron chi connectivity index (χ3n) is 7.96. The number of amides is 1. The van der Waals surface area contributed by atoms with E-state index in [4.69, 9.17) is 9.47 Å². The number of nitrogens with one attached hydrogen (secondary N) is 1. The van der Waals surface area contributed by atoms with Crippen molar-refractivity contribution in [3.63, 3.8) is 0 Å². The summed E-state index contributed by atoms with van der Waals surface area (Å²) in [5.74, 6) is 2.48. The molecule has 2 aromatic carbocycles. The first-order chi connectivity index (χ1) is 16.6. The predicted octanol–water partition coefficient (Wildman–Crippen LogP) is 4.01. The molecule has 2 saturated carbocycles. The number of rotatable bonds is 8. The van der Waals surface area contributed by atoms with E-state index in [1.807, 2.05) is 41.3 Å². The van der Waals surface area contributed by atoms with Crippen molar-refractivity contribution in [2.75, 3.05) is 32.6 Å². The first kappa shape index (κ1) is 21.5. The molecular formula is C27H28N2O4S. The van der Waals surface area contributed by atoms with E-state index in [1.165, 1.54) is 4.88 Å². The quantitative estimate of drug-likeness (QED) is 0.514. The summed E-state index contributed by atoms with van der Waals surface area (Å²) in [5.41, 5.74) is 2.48. The van der Waals surface area contributed by atoms with Crippen molar-refractivity contribution in [3.05, 3.63) is 76.0 Å². The molecule has 1 aromatic heterocycles.